The second kappa shape index (κ2) is 12.6. The summed E-state index contributed by atoms with van der Waals surface area (Å²) in [4.78, 5) is 15.8. The first-order chi connectivity index (χ1) is 27.6. The zero-order valence-electron chi connectivity index (χ0n) is 30.7. The normalized spacial score (nSPS) is 14.2. The van der Waals surface area contributed by atoms with Crippen molar-refractivity contribution < 1.29 is 0 Å². The Balaban J connectivity index is 1.30. The number of imidazole rings is 1. The van der Waals surface area contributed by atoms with Gasteiger partial charge < -0.3 is 0 Å². The Morgan fingerprint density at radius 3 is 1.86 bits per heavy atom. The molecule has 0 spiro atoms. The van der Waals surface area contributed by atoms with Gasteiger partial charge in [-0.05, 0) is 108 Å². The van der Waals surface area contributed by atoms with Gasteiger partial charge in [-0.25, -0.2) is 9.97 Å². The number of benzene rings is 7. The van der Waals surface area contributed by atoms with Crippen LogP contribution in [0.1, 0.15) is 12.6 Å². The molecule has 0 atom stereocenters. The van der Waals surface area contributed by atoms with Crippen molar-refractivity contribution in [2.45, 2.75) is 6.92 Å². The van der Waals surface area contributed by atoms with Crippen LogP contribution in [0.15, 0.2) is 193 Å². The third-order valence-electron chi connectivity index (χ3n) is 11.2. The van der Waals surface area contributed by atoms with Crippen molar-refractivity contribution in [3.8, 4) is 22.3 Å². The molecule has 11 rings (SSSR count). The van der Waals surface area contributed by atoms with Crippen LogP contribution >= 0.6 is 0 Å². The fourth-order valence-corrected chi connectivity index (χ4v) is 8.56. The van der Waals surface area contributed by atoms with E-state index in [1.165, 1.54) is 48.7 Å². The molecule has 7 aromatic carbocycles. The summed E-state index contributed by atoms with van der Waals surface area (Å²) in [5, 5.41) is 10.7. The van der Waals surface area contributed by atoms with Crippen LogP contribution in [0.5, 0.6) is 0 Å². The first kappa shape index (κ1) is 32.0. The van der Waals surface area contributed by atoms with Crippen LogP contribution in [0.3, 0.4) is 0 Å². The Morgan fingerprint density at radius 1 is 0.589 bits per heavy atom. The molecule has 3 aromatic heterocycles. The summed E-state index contributed by atoms with van der Waals surface area (Å²) in [5.74, 6) is 0. The molecule has 0 fully saturated rings. The molecule has 4 nitrogen and oxygen atoms in total. The number of nitrogens with zero attached hydrogens (tertiary/aromatic N) is 4. The quantitative estimate of drug-likeness (QED) is 0.170. The monoisotopic (exact) mass is 714 g/mol. The van der Waals surface area contributed by atoms with E-state index in [2.05, 4.69) is 158 Å². The van der Waals surface area contributed by atoms with Gasteiger partial charge in [0.1, 0.15) is 11.2 Å². The van der Waals surface area contributed by atoms with Gasteiger partial charge in [-0.15, -0.1) is 0 Å². The SMILES string of the molecule is C=C1C=CC=CC1=N/C=C(\C)c1nc2ccccc2c2nc3c(-c4cc5ccccc5c5ccccc45)cc(-c4cc5ccccc5c5ccccc45)cn3c12. The average Bonchev–Trinajstić information content (AvgIpc) is 3.65. The molecule has 0 saturated carbocycles. The summed E-state index contributed by atoms with van der Waals surface area (Å²) in [6.07, 6.45) is 12.1. The minimum absolute atomic E-state index is 0.831. The molecule has 56 heavy (non-hydrogen) atoms. The first-order valence-corrected chi connectivity index (χ1v) is 19.0. The first-order valence-electron chi connectivity index (χ1n) is 19.0. The zero-order valence-corrected chi connectivity index (χ0v) is 30.7. The summed E-state index contributed by atoms with van der Waals surface area (Å²) in [5.41, 5.74) is 11.6. The van der Waals surface area contributed by atoms with E-state index >= 15 is 0 Å². The standard InChI is InChI=1S/C52H34N4/c1-32-15-3-13-25-47(32)53-30-33(2)49-51-50(43-24-12-14-26-48(43)54-49)55-52-46(45-28-35-17-5-7-19-38(35)40-21-9-11-23-42(40)45)29-36(31-56(51)52)44-27-34-16-4-6-18-37(34)39-20-8-10-22-41(39)44/h3-31H,1H2,2H3/b33-30+,53-47?. The summed E-state index contributed by atoms with van der Waals surface area (Å²) < 4.78 is 2.29. The molecule has 4 heteroatoms. The van der Waals surface area contributed by atoms with Gasteiger partial charge in [0.2, 0.25) is 0 Å². The van der Waals surface area contributed by atoms with Gasteiger partial charge in [0.25, 0.3) is 0 Å². The Labute approximate surface area is 323 Å². The van der Waals surface area contributed by atoms with Gasteiger partial charge in [-0.2, -0.15) is 0 Å². The maximum atomic E-state index is 5.58. The second-order valence-electron chi connectivity index (χ2n) is 14.6. The molecule has 1 aliphatic rings. The van der Waals surface area contributed by atoms with Gasteiger partial charge in [0, 0.05) is 23.3 Å². The third kappa shape index (κ3) is 4.96. The van der Waals surface area contributed by atoms with Crippen LogP contribution in [0.2, 0.25) is 0 Å². The number of hydrogen-bond donors (Lipinski definition) is 0. The molecular weight excluding hydrogens is 681 g/mol. The minimum Gasteiger partial charge on any atom is -0.296 e. The van der Waals surface area contributed by atoms with E-state index in [0.29, 0.717) is 0 Å². The molecule has 0 radical (unpaired) electrons. The van der Waals surface area contributed by atoms with Gasteiger partial charge in [0.15, 0.2) is 0 Å². The predicted molar refractivity (Wildman–Crippen MR) is 237 cm³/mol. The summed E-state index contributed by atoms with van der Waals surface area (Å²) in [7, 11) is 0. The molecule has 0 unspecified atom stereocenters. The Kier molecular flexibility index (Phi) is 7.20. The molecule has 3 heterocycles. The average molecular weight is 715 g/mol. The number of pyridine rings is 2. The molecule has 262 valence electrons. The van der Waals surface area contributed by atoms with Crippen LogP contribution in [0.4, 0.5) is 0 Å². The largest absolute Gasteiger partial charge is 0.296 e. The summed E-state index contributed by atoms with van der Waals surface area (Å²) in [6, 6.07) is 50.2. The lowest BCUT2D eigenvalue weighted by molar-refractivity contribution is 1.21. The molecular formula is C52H34N4. The Bertz CT molecular complexity index is 3450. The van der Waals surface area contributed by atoms with E-state index < -0.39 is 0 Å². The van der Waals surface area contributed by atoms with E-state index in [9.17, 15) is 0 Å². The highest BCUT2D eigenvalue weighted by molar-refractivity contribution is 6.18. The zero-order chi connectivity index (χ0) is 37.3. The van der Waals surface area contributed by atoms with Gasteiger partial charge in [0.05, 0.1) is 22.4 Å². The second-order valence-corrected chi connectivity index (χ2v) is 14.6. The molecule has 0 saturated heterocycles. The van der Waals surface area contributed by atoms with Crippen molar-refractivity contribution in [3.05, 3.63) is 194 Å². The van der Waals surface area contributed by atoms with Crippen molar-refractivity contribution in [3.63, 3.8) is 0 Å². The van der Waals surface area contributed by atoms with E-state index in [-0.39, 0.29) is 0 Å². The lowest BCUT2D eigenvalue weighted by atomic mass is 9.90. The van der Waals surface area contributed by atoms with Gasteiger partial charge >= 0.3 is 0 Å². The third-order valence-corrected chi connectivity index (χ3v) is 11.2. The molecule has 1 aliphatic carbocycles. The van der Waals surface area contributed by atoms with Crippen molar-refractivity contribution >= 4 is 82.0 Å². The van der Waals surface area contributed by atoms with Crippen LogP contribution in [-0.4, -0.2) is 20.1 Å². The topological polar surface area (TPSA) is 42.5 Å². The highest BCUT2D eigenvalue weighted by Crippen LogP contribution is 2.43. The molecule has 10 aromatic rings. The van der Waals surface area contributed by atoms with Gasteiger partial charge in [-0.3, -0.25) is 9.39 Å². The molecule has 0 amide bonds. The van der Waals surface area contributed by atoms with E-state index in [4.69, 9.17) is 15.0 Å². The lowest BCUT2D eigenvalue weighted by Crippen LogP contribution is -1.98. The number of allylic oxidation sites excluding steroid dienone is 6. The summed E-state index contributed by atoms with van der Waals surface area (Å²) in [6.45, 7) is 6.29. The fourth-order valence-electron chi connectivity index (χ4n) is 8.56. The lowest BCUT2D eigenvalue weighted by Gasteiger charge is -2.16. The minimum atomic E-state index is 0.831. The number of aromatic nitrogens is 3. The number of fused-ring (bicyclic) bond motifs is 11. The number of para-hydroxylation sites is 1. The van der Waals surface area contributed by atoms with Crippen LogP contribution in [0, 0.1) is 0 Å². The van der Waals surface area contributed by atoms with Crippen molar-refractivity contribution in [1.29, 1.82) is 0 Å². The van der Waals surface area contributed by atoms with Crippen LogP contribution < -0.4 is 0 Å². The fraction of sp³-hybridized carbons (Fsp3) is 0.0192. The van der Waals surface area contributed by atoms with E-state index in [1.54, 1.807) is 0 Å². The predicted octanol–water partition coefficient (Wildman–Crippen LogP) is 13.5. The number of rotatable bonds is 4. The number of aliphatic imine (C=N–C) groups is 1. The highest BCUT2D eigenvalue weighted by atomic mass is 15.0. The van der Waals surface area contributed by atoms with Crippen molar-refractivity contribution in [1.82, 2.24) is 14.4 Å². The van der Waals surface area contributed by atoms with Crippen LogP contribution in [0.25, 0.3) is 98.5 Å². The maximum Gasteiger partial charge on any atom is 0.145 e. The van der Waals surface area contributed by atoms with E-state index in [0.717, 1.165) is 66.8 Å². The van der Waals surface area contributed by atoms with Crippen molar-refractivity contribution in [2.24, 2.45) is 4.99 Å². The van der Waals surface area contributed by atoms with E-state index in [1.807, 2.05) is 36.6 Å². The smallest absolute Gasteiger partial charge is 0.145 e. The maximum absolute atomic E-state index is 5.58. The molecule has 0 bridgehead atoms. The summed E-state index contributed by atoms with van der Waals surface area (Å²) >= 11 is 0. The van der Waals surface area contributed by atoms with Gasteiger partial charge in [-0.1, -0.05) is 140 Å². The highest BCUT2D eigenvalue weighted by Gasteiger charge is 2.22. The Hall–Kier alpha value is -7.43. The van der Waals surface area contributed by atoms with Crippen LogP contribution in [-0.2, 0) is 0 Å². The van der Waals surface area contributed by atoms with Crippen molar-refractivity contribution in [2.75, 3.05) is 0 Å². The Morgan fingerprint density at radius 2 is 1.16 bits per heavy atom. The molecule has 0 N–H and O–H groups in total. The molecule has 0 aliphatic heterocycles. The number of hydrogen-bond acceptors (Lipinski definition) is 3.